The highest BCUT2D eigenvalue weighted by Gasteiger charge is 2.10. The predicted molar refractivity (Wildman–Crippen MR) is 81.8 cm³/mol. The molecule has 1 amide bonds. The Bertz CT molecular complexity index is 457. The number of methoxy groups -OCH3 is 1. The average Bonchev–Trinajstić information content (AvgIpc) is 2.41. The number of pyridine rings is 1. The fourth-order valence-corrected chi connectivity index (χ4v) is 1.89. The Hall–Kier alpha value is -1.24. The number of anilines is 2. The molecule has 20 heavy (non-hydrogen) atoms. The molecule has 0 saturated heterocycles. The Kier molecular flexibility index (Phi) is 7.43. The van der Waals surface area contributed by atoms with Crippen molar-refractivity contribution in [3.63, 3.8) is 0 Å². The summed E-state index contributed by atoms with van der Waals surface area (Å²) in [5, 5.41) is 9.37. The van der Waals surface area contributed by atoms with Crippen molar-refractivity contribution in [1.29, 1.82) is 0 Å². The van der Waals surface area contributed by atoms with Crippen LogP contribution in [-0.2, 0) is 9.53 Å². The van der Waals surface area contributed by atoms with Crippen molar-refractivity contribution in [2.24, 2.45) is 0 Å². The lowest BCUT2D eigenvalue weighted by molar-refractivity contribution is -0.119. The Morgan fingerprint density at radius 3 is 2.55 bits per heavy atom. The third-order valence-electron chi connectivity index (χ3n) is 2.32. The smallest absolute Gasteiger partial charge is 0.239 e. The molecule has 1 heterocycles. The van der Waals surface area contributed by atoms with Crippen LogP contribution in [0.2, 0.25) is 10.0 Å². The number of carbonyl (C=O) groups excluding carboxylic acids is 1. The standard InChI is InChI=1S/C12H18Cl2N4O2/c1-3-15-11-8(13)6-9(14)12(18-11)17-7-10(19)16-4-5-20-2/h6H,3-5,7H2,1-2H3,(H,16,19)(H2,15,17,18). The molecule has 0 unspecified atom stereocenters. The van der Waals surface area contributed by atoms with Crippen molar-refractivity contribution in [1.82, 2.24) is 10.3 Å². The molecule has 1 rings (SSSR count). The van der Waals surface area contributed by atoms with Crippen LogP contribution in [0.4, 0.5) is 11.6 Å². The number of hydrogen-bond donors (Lipinski definition) is 3. The molecule has 0 fully saturated rings. The van der Waals surface area contributed by atoms with Crippen molar-refractivity contribution in [3.05, 3.63) is 16.1 Å². The summed E-state index contributed by atoms with van der Waals surface area (Å²) in [5.74, 6) is 0.773. The van der Waals surface area contributed by atoms with Crippen LogP contribution in [-0.4, -0.2) is 44.2 Å². The van der Waals surface area contributed by atoms with Gasteiger partial charge in [0.05, 0.1) is 23.2 Å². The van der Waals surface area contributed by atoms with Gasteiger partial charge in [0, 0.05) is 20.2 Å². The van der Waals surface area contributed by atoms with Gasteiger partial charge < -0.3 is 20.7 Å². The maximum Gasteiger partial charge on any atom is 0.239 e. The maximum atomic E-state index is 11.5. The molecule has 0 bridgehead atoms. The highest BCUT2D eigenvalue weighted by molar-refractivity contribution is 6.37. The normalized spacial score (nSPS) is 10.2. The number of amides is 1. The fourth-order valence-electron chi connectivity index (χ4n) is 1.40. The summed E-state index contributed by atoms with van der Waals surface area (Å²) in [4.78, 5) is 15.8. The number of ether oxygens (including phenoxy) is 1. The zero-order chi connectivity index (χ0) is 15.0. The molecule has 0 aromatic carbocycles. The molecule has 0 atom stereocenters. The predicted octanol–water partition coefficient (Wildman–Crippen LogP) is 1.99. The fraction of sp³-hybridized carbons (Fsp3) is 0.500. The summed E-state index contributed by atoms with van der Waals surface area (Å²) < 4.78 is 4.84. The van der Waals surface area contributed by atoms with Gasteiger partial charge in [-0.15, -0.1) is 0 Å². The quantitative estimate of drug-likeness (QED) is 0.639. The first-order valence-electron chi connectivity index (χ1n) is 6.17. The summed E-state index contributed by atoms with van der Waals surface area (Å²) in [6.45, 7) is 3.62. The van der Waals surface area contributed by atoms with E-state index in [-0.39, 0.29) is 12.5 Å². The van der Waals surface area contributed by atoms with Crippen LogP contribution >= 0.6 is 23.2 Å². The average molecular weight is 321 g/mol. The molecule has 1 aromatic heterocycles. The van der Waals surface area contributed by atoms with Crippen LogP contribution in [0.15, 0.2) is 6.07 Å². The number of halogens is 2. The zero-order valence-electron chi connectivity index (χ0n) is 11.4. The number of nitrogens with one attached hydrogen (secondary N) is 3. The third kappa shape index (κ3) is 5.40. The third-order valence-corrected chi connectivity index (χ3v) is 2.89. The van der Waals surface area contributed by atoms with E-state index in [1.165, 1.54) is 0 Å². The van der Waals surface area contributed by atoms with Gasteiger partial charge in [-0.3, -0.25) is 4.79 Å². The van der Waals surface area contributed by atoms with Crippen molar-refractivity contribution in [2.75, 3.05) is 44.0 Å². The lowest BCUT2D eigenvalue weighted by Crippen LogP contribution is -2.32. The van der Waals surface area contributed by atoms with Crippen LogP contribution in [0.25, 0.3) is 0 Å². The minimum Gasteiger partial charge on any atom is -0.383 e. The van der Waals surface area contributed by atoms with Crippen molar-refractivity contribution < 1.29 is 9.53 Å². The molecule has 0 aliphatic rings. The Labute approximate surface area is 128 Å². The van der Waals surface area contributed by atoms with Gasteiger partial charge in [-0.25, -0.2) is 4.98 Å². The summed E-state index contributed by atoms with van der Waals surface area (Å²) in [6, 6.07) is 1.58. The summed E-state index contributed by atoms with van der Waals surface area (Å²) in [6.07, 6.45) is 0. The molecular weight excluding hydrogens is 303 g/mol. The molecule has 112 valence electrons. The minimum absolute atomic E-state index is 0.0730. The van der Waals surface area contributed by atoms with Gasteiger partial charge in [-0.05, 0) is 13.0 Å². The number of aromatic nitrogens is 1. The molecular formula is C12H18Cl2N4O2. The van der Waals surface area contributed by atoms with Crippen LogP contribution in [0.5, 0.6) is 0 Å². The molecule has 8 heteroatoms. The number of rotatable bonds is 8. The SMILES string of the molecule is CCNc1nc(NCC(=O)NCCOC)c(Cl)cc1Cl. The lowest BCUT2D eigenvalue weighted by Gasteiger charge is -2.11. The molecule has 0 aliphatic carbocycles. The molecule has 1 aromatic rings. The molecule has 3 N–H and O–H groups in total. The van der Waals surface area contributed by atoms with Crippen molar-refractivity contribution >= 4 is 40.7 Å². The highest BCUT2D eigenvalue weighted by atomic mass is 35.5. The Morgan fingerprint density at radius 1 is 1.30 bits per heavy atom. The Balaban J connectivity index is 2.58. The van der Waals surface area contributed by atoms with E-state index in [4.69, 9.17) is 27.9 Å². The summed E-state index contributed by atoms with van der Waals surface area (Å²) in [7, 11) is 1.57. The minimum atomic E-state index is -0.167. The monoisotopic (exact) mass is 320 g/mol. The Morgan fingerprint density at radius 2 is 1.95 bits per heavy atom. The van der Waals surface area contributed by atoms with Gasteiger partial charge >= 0.3 is 0 Å². The second-order valence-electron chi connectivity index (χ2n) is 3.88. The summed E-state index contributed by atoms with van der Waals surface area (Å²) >= 11 is 12.0. The number of hydrogen-bond acceptors (Lipinski definition) is 5. The lowest BCUT2D eigenvalue weighted by atomic mass is 10.4. The van der Waals surface area contributed by atoms with Crippen LogP contribution in [0.3, 0.4) is 0 Å². The first kappa shape index (κ1) is 16.8. The van der Waals surface area contributed by atoms with E-state index in [0.29, 0.717) is 41.4 Å². The van der Waals surface area contributed by atoms with E-state index in [1.807, 2.05) is 6.92 Å². The molecule has 0 saturated carbocycles. The van der Waals surface area contributed by atoms with E-state index in [0.717, 1.165) is 0 Å². The molecule has 0 spiro atoms. The van der Waals surface area contributed by atoms with Gasteiger partial charge in [-0.1, -0.05) is 23.2 Å². The van der Waals surface area contributed by atoms with Crippen molar-refractivity contribution in [3.8, 4) is 0 Å². The first-order valence-corrected chi connectivity index (χ1v) is 6.93. The van der Waals surface area contributed by atoms with Gasteiger partial charge in [-0.2, -0.15) is 0 Å². The van der Waals surface area contributed by atoms with Gasteiger partial charge in [0.15, 0.2) is 0 Å². The van der Waals surface area contributed by atoms with E-state index in [1.54, 1.807) is 13.2 Å². The van der Waals surface area contributed by atoms with Gasteiger partial charge in [0.25, 0.3) is 0 Å². The molecule has 0 aliphatic heterocycles. The van der Waals surface area contributed by atoms with Crippen LogP contribution in [0, 0.1) is 0 Å². The second-order valence-corrected chi connectivity index (χ2v) is 4.69. The largest absolute Gasteiger partial charge is 0.383 e. The van der Waals surface area contributed by atoms with E-state index >= 15 is 0 Å². The van der Waals surface area contributed by atoms with Crippen LogP contribution < -0.4 is 16.0 Å². The molecule has 6 nitrogen and oxygen atoms in total. The van der Waals surface area contributed by atoms with Gasteiger partial charge in [0.1, 0.15) is 11.6 Å². The van der Waals surface area contributed by atoms with Crippen molar-refractivity contribution in [2.45, 2.75) is 6.92 Å². The highest BCUT2D eigenvalue weighted by Crippen LogP contribution is 2.28. The van der Waals surface area contributed by atoms with E-state index in [9.17, 15) is 4.79 Å². The second kappa shape index (κ2) is 8.84. The summed E-state index contributed by atoms with van der Waals surface area (Å²) in [5.41, 5.74) is 0. The number of nitrogens with zero attached hydrogens (tertiary/aromatic N) is 1. The van der Waals surface area contributed by atoms with Gasteiger partial charge in [0.2, 0.25) is 5.91 Å². The molecule has 0 radical (unpaired) electrons. The van der Waals surface area contributed by atoms with E-state index < -0.39 is 0 Å². The maximum absolute atomic E-state index is 11.5. The zero-order valence-corrected chi connectivity index (χ0v) is 12.9. The first-order chi connectivity index (χ1) is 9.58. The topological polar surface area (TPSA) is 75.3 Å². The van der Waals surface area contributed by atoms with E-state index in [2.05, 4.69) is 20.9 Å². The van der Waals surface area contributed by atoms with Crippen LogP contribution in [0.1, 0.15) is 6.92 Å². The number of carbonyl (C=O) groups is 1.